The summed E-state index contributed by atoms with van der Waals surface area (Å²) in [5.74, 6) is 1.02. The van der Waals surface area contributed by atoms with Crippen LogP contribution in [0.2, 0.25) is 0 Å². The number of hydrogen-bond acceptors (Lipinski definition) is 2. The average molecular weight is 434 g/mol. The minimum Gasteiger partial charge on any atom is -0.352 e. The Morgan fingerprint density at radius 1 is 0.879 bits per heavy atom. The Bertz CT molecular complexity index is 1420. The first-order valence-electron chi connectivity index (χ1n) is 11.4. The number of aromatic nitrogens is 2. The average Bonchev–Trinajstić information content (AvgIpc) is 3.19. The lowest BCUT2D eigenvalue weighted by atomic mass is 10.1. The third-order valence-electron chi connectivity index (χ3n) is 6.06. The van der Waals surface area contributed by atoms with Crippen LogP contribution in [0.25, 0.3) is 21.8 Å². The second-order valence-corrected chi connectivity index (χ2v) is 8.51. The van der Waals surface area contributed by atoms with E-state index in [2.05, 4.69) is 70.5 Å². The minimum atomic E-state index is -0.0281. The highest BCUT2D eigenvalue weighted by Gasteiger charge is 2.12. The van der Waals surface area contributed by atoms with Crippen LogP contribution in [0.4, 0.5) is 0 Å². The zero-order valence-corrected chi connectivity index (χ0v) is 18.8. The van der Waals surface area contributed by atoms with Crippen molar-refractivity contribution < 1.29 is 4.79 Å². The number of rotatable bonds is 7. The Balaban J connectivity index is 1.31. The molecule has 5 aromatic rings. The number of amides is 1. The van der Waals surface area contributed by atoms with Gasteiger partial charge < -0.3 is 9.88 Å². The van der Waals surface area contributed by atoms with Gasteiger partial charge in [-0.05, 0) is 60.0 Å². The molecular formula is C29H27N3O. The van der Waals surface area contributed by atoms with Crippen molar-refractivity contribution in [3.63, 3.8) is 0 Å². The molecule has 0 aliphatic heterocycles. The Morgan fingerprint density at radius 3 is 2.48 bits per heavy atom. The van der Waals surface area contributed by atoms with E-state index in [0.717, 1.165) is 41.8 Å². The van der Waals surface area contributed by atoms with Crippen LogP contribution in [0.3, 0.4) is 0 Å². The van der Waals surface area contributed by atoms with Crippen LogP contribution >= 0.6 is 0 Å². The van der Waals surface area contributed by atoms with Crippen LogP contribution in [0.15, 0.2) is 91.0 Å². The molecule has 0 bridgehead atoms. The third-order valence-corrected chi connectivity index (χ3v) is 6.06. The van der Waals surface area contributed by atoms with Crippen LogP contribution in [0.5, 0.6) is 0 Å². The number of para-hydroxylation sites is 2. The van der Waals surface area contributed by atoms with E-state index in [1.54, 1.807) is 0 Å². The largest absolute Gasteiger partial charge is 0.352 e. The van der Waals surface area contributed by atoms with Gasteiger partial charge >= 0.3 is 0 Å². The summed E-state index contributed by atoms with van der Waals surface area (Å²) in [7, 11) is 0. The molecule has 1 heterocycles. The second kappa shape index (κ2) is 9.29. The van der Waals surface area contributed by atoms with Crippen molar-refractivity contribution >= 4 is 27.7 Å². The van der Waals surface area contributed by atoms with Crippen LogP contribution < -0.4 is 5.32 Å². The molecule has 0 atom stereocenters. The Hall–Kier alpha value is -3.92. The first-order chi connectivity index (χ1) is 16.2. The Morgan fingerprint density at radius 2 is 1.64 bits per heavy atom. The van der Waals surface area contributed by atoms with Gasteiger partial charge in [-0.15, -0.1) is 0 Å². The highest BCUT2D eigenvalue weighted by atomic mass is 16.1. The molecule has 0 spiro atoms. The van der Waals surface area contributed by atoms with E-state index >= 15 is 0 Å². The van der Waals surface area contributed by atoms with E-state index in [-0.39, 0.29) is 5.91 Å². The summed E-state index contributed by atoms with van der Waals surface area (Å²) < 4.78 is 2.31. The lowest BCUT2D eigenvalue weighted by molar-refractivity contribution is 0.0953. The monoisotopic (exact) mass is 433 g/mol. The quantitative estimate of drug-likeness (QED) is 0.324. The molecule has 0 saturated carbocycles. The number of benzene rings is 4. The van der Waals surface area contributed by atoms with Gasteiger partial charge in [0.25, 0.3) is 5.91 Å². The van der Waals surface area contributed by atoms with Crippen LogP contribution in [0, 0.1) is 6.92 Å². The van der Waals surface area contributed by atoms with Gasteiger partial charge in [0.1, 0.15) is 5.82 Å². The summed E-state index contributed by atoms with van der Waals surface area (Å²) in [6, 6.07) is 31.0. The van der Waals surface area contributed by atoms with Gasteiger partial charge in [0.05, 0.1) is 11.0 Å². The topological polar surface area (TPSA) is 46.9 Å². The Labute approximate surface area is 193 Å². The highest BCUT2D eigenvalue weighted by Crippen LogP contribution is 2.21. The van der Waals surface area contributed by atoms with Gasteiger partial charge in [-0.1, -0.05) is 66.2 Å². The van der Waals surface area contributed by atoms with Gasteiger partial charge in [-0.3, -0.25) is 4.79 Å². The zero-order chi connectivity index (χ0) is 22.6. The van der Waals surface area contributed by atoms with Crippen LogP contribution in [-0.2, 0) is 13.0 Å². The number of imidazole rings is 1. The summed E-state index contributed by atoms with van der Waals surface area (Å²) >= 11 is 0. The van der Waals surface area contributed by atoms with E-state index in [1.807, 2.05) is 37.3 Å². The maximum absolute atomic E-state index is 12.4. The van der Waals surface area contributed by atoms with Crippen molar-refractivity contribution in [1.29, 1.82) is 0 Å². The fourth-order valence-electron chi connectivity index (χ4n) is 4.27. The van der Waals surface area contributed by atoms with Crippen molar-refractivity contribution in [2.24, 2.45) is 0 Å². The summed E-state index contributed by atoms with van der Waals surface area (Å²) in [6.07, 6.45) is 1.63. The van der Waals surface area contributed by atoms with E-state index < -0.39 is 0 Å². The number of hydrogen-bond donors (Lipinski definition) is 1. The first-order valence-corrected chi connectivity index (χ1v) is 11.4. The standard InChI is InChI=1S/C29H27N3O/c1-21-12-15-24(16-13-21)29(33)30-18-6-11-28-31-26-9-4-5-10-27(26)32(28)20-22-14-17-23-7-2-3-8-25(23)19-22/h2-5,7-10,12-17,19H,6,11,18,20H2,1H3,(H,30,33). The normalized spacial score (nSPS) is 11.2. The third kappa shape index (κ3) is 4.65. The first kappa shape index (κ1) is 21.0. The lowest BCUT2D eigenvalue weighted by Gasteiger charge is -2.11. The molecule has 1 amide bonds. The summed E-state index contributed by atoms with van der Waals surface area (Å²) in [5.41, 5.74) is 5.26. The van der Waals surface area contributed by atoms with Gasteiger partial charge in [-0.25, -0.2) is 4.98 Å². The molecule has 0 aliphatic carbocycles. The maximum Gasteiger partial charge on any atom is 0.251 e. The number of nitrogens with zero attached hydrogens (tertiary/aromatic N) is 2. The Kier molecular flexibility index (Phi) is 5.90. The zero-order valence-electron chi connectivity index (χ0n) is 18.8. The van der Waals surface area contributed by atoms with E-state index in [1.165, 1.54) is 16.3 Å². The molecule has 5 rings (SSSR count). The number of nitrogens with one attached hydrogen (secondary N) is 1. The minimum absolute atomic E-state index is 0.0281. The summed E-state index contributed by atoms with van der Waals surface area (Å²) in [6.45, 7) is 3.41. The van der Waals surface area contributed by atoms with Crippen LogP contribution in [-0.4, -0.2) is 22.0 Å². The number of fused-ring (bicyclic) bond motifs is 2. The summed E-state index contributed by atoms with van der Waals surface area (Å²) in [4.78, 5) is 17.3. The van der Waals surface area contributed by atoms with Gasteiger partial charge in [-0.2, -0.15) is 0 Å². The summed E-state index contributed by atoms with van der Waals surface area (Å²) in [5, 5.41) is 5.54. The van der Waals surface area contributed by atoms with Crippen molar-refractivity contribution in [3.05, 3.63) is 114 Å². The van der Waals surface area contributed by atoms with E-state index in [4.69, 9.17) is 4.98 Å². The predicted octanol–water partition coefficient (Wildman–Crippen LogP) is 5.91. The molecule has 0 saturated heterocycles. The van der Waals surface area contributed by atoms with E-state index in [0.29, 0.717) is 12.1 Å². The molecule has 4 nitrogen and oxygen atoms in total. The molecule has 1 aromatic heterocycles. The van der Waals surface area contributed by atoms with Crippen LogP contribution in [0.1, 0.15) is 33.7 Å². The number of carbonyl (C=O) groups excluding carboxylic acids is 1. The van der Waals surface area contributed by atoms with Crippen molar-refractivity contribution in [1.82, 2.24) is 14.9 Å². The molecule has 33 heavy (non-hydrogen) atoms. The second-order valence-electron chi connectivity index (χ2n) is 8.51. The van der Waals surface area contributed by atoms with Gasteiger partial charge in [0, 0.05) is 25.1 Å². The van der Waals surface area contributed by atoms with Gasteiger partial charge in [0.2, 0.25) is 0 Å². The molecule has 1 N–H and O–H groups in total. The SMILES string of the molecule is Cc1ccc(C(=O)NCCCc2nc3ccccc3n2Cc2ccc3ccccc3c2)cc1. The fraction of sp³-hybridized carbons (Fsp3) is 0.172. The highest BCUT2D eigenvalue weighted by molar-refractivity contribution is 5.94. The van der Waals surface area contributed by atoms with E-state index in [9.17, 15) is 4.79 Å². The molecule has 0 fully saturated rings. The smallest absolute Gasteiger partial charge is 0.251 e. The fourth-order valence-corrected chi connectivity index (χ4v) is 4.27. The van der Waals surface area contributed by atoms with Crippen molar-refractivity contribution in [2.45, 2.75) is 26.3 Å². The lowest BCUT2D eigenvalue weighted by Crippen LogP contribution is -2.25. The number of aryl methyl sites for hydroxylation is 2. The number of carbonyl (C=O) groups is 1. The maximum atomic E-state index is 12.4. The van der Waals surface area contributed by atoms with Crippen molar-refractivity contribution in [3.8, 4) is 0 Å². The van der Waals surface area contributed by atoms with Gasteiger partial charge in [0.15, 0.2) is 0 Å². The molecule has 0 radical (unpaired) electrons. The molecule has 0 unspecified atom stereocenters. The molecule has 4 aromatic carbocycles. The molecule has 164 valence electrons. The predicted molar refractivity (Wildman–Crippen MR) is 135 cm³/mol. The molecule has 4 heteroatoms. The van der Waals surface area contributed by atoms with Crippen molar-refractivity contribution in [2.75, 3.05) is 6.54 Å². The molecular weight excluding hydrogens is 406 g/mol. The molecule has 0 aliphatic rings.